The summed E-state index contributed by atoms with van der Waals surface area (Å²) in [7, 11) is 0. The van der Waals surface area contributed by atoms with E-state index in [1.807, 2.05) is 12.1 Å². The molecule has 6 heteroatoms. The first kappa shape index (κ1) is 13.0. The molecule has 0 aliphatic carbocycles. The van der Waals surface area contributed by atoms with Crippen LogP contribution in [0, 0.1) is 22.7 Å². The molecular formula is C15H7ClN4O. The molecule has 0 fully saturated rings. The van der Waals surface area contributed by atoms with Crippen molar-refractivity contribution in [2.24, 2.45) is 10.9 Å². The van der Waals surface area contributed by atoms with E-state index in [1.165, 1.54) is 12.3 Å². The molecule has 3 rings (SSSR count). The van der Waals surface area contributed by atoms with Crippen molar-refractivity contribution in [3.05, 3.63) is 46.0 Å². The molecule has 0 bridgehead atoms. The fourth-order valence-electron chi connectivity index (χ4n) is 2.27. The number of benzene rings is 2. The molecule has 1 aromatic heterocycles. The molecule has 5 nitrogen and oxygen atoms in total. The number of hydrazone groups is 1. The number of furan rings is 1. The monoisotopic (exact) mass is 294 g/mol. The second-order valence-electron chi connectivity index (χ2n) is 4.34. The van der Waals surface area contributed by atoms with Crippen LogP contribution in [0.2, 0.25) is 5.02 Å². The normalized spacial score (nSPS) is 11.0. The lowest BCUT2D eigenvalue weighted by atomic mass is 10.0. The number of nitrogens with zero attached hydrogens (tertiary/aromatic N) is 3. The zero-order valence-electron chi connectivity index (χ0n) is 10.6. The van der Waals surface area contributed by atoms with Gasteiger partial charge in [-0.15, -0.1) is 0 Å². The topological polar surface area (TPSA) is 99.1 Å². The third kappa shape index (κ3) is 1.88. The second-order valence-corrected chi connectivity index (χ2v) is 4.75. The lowest BCUT2D eigenvalue weighted by molar-refractivity contribution is 0.668. The van der Waals surface area contributed by atoms with Gasteiger partial charge in [-0.1, -0.05) is 11.6 Å². The minimum absolute atomic E-state index is 0.259. The highest BCUT2D eigenvalue weighted by atomic mass is 35.5. The van der Waals surface area contributed by atoms with E-state index in [0.29, 0.717) is 32.5 Å². The molecule has 0 aliphatic heterocycles. The lowest BCUT2D eigenvalue weighted by Gasteiger charge is -1.97. The van der Waals surface area contributed by atoms with Gasteiger partial charge in [0.25, 0.3) is 0 Å². The van der Waals surface area contributed by atoms with E-state index in [-0.39, 0.29) is 11.1 Å². The smallest absolute Gasteiger partial charge is 0.145 e. The molecule has 0 atom stereocenters. The predicted molar refractivity (Wildman–Crippen MR) is 79.9 cm³/mol. The summed E-state index contributed by atoms with van der Waals surface area (Å²) in [5.74, 6) is 5.18. The maximum Gasteiger partial charge on any atom is 0.145 e. The molecule has 100 valence electrons. The number of nitrogens with two attached hydrogens (primary N) is 1. The molecule has 2 aromatic carbocycles. The molecule has 0 saturated heterocycles. The first-order chi connectivity index (χ1) is 10.2. The minimum atomic E-state index is 0.259. The summed E-state index contributed by atoms with van der Waals surface area (Å²) in [5.41, 5.74) is 2.21. The van der Waals surface area contributed by atoms with Crippen molar-refractivity contribution in [1.29, 1.82) is 10.5 Å². The maximum atomic E-state index is 9.12. The predicted octanol–water partition coefficient (Wildman–Crippen LogP) is 3.28. The Morgan fingerprint density at radius 2 is 1.90 bits per heavy atom. The van der Waals surface area contributed by atoms with Crippen molar-refractivity contribution in [2.45, 2.75) is 0 Å². The SMILES string of the molecule is N#Cc1cc2oc3c(C=NN)ccc(Cl)c3c2cc1C#N. The van der Waals surface area contributed by atoms with Crippen molar-refractivity contribution in [3.8, 4) is 12.1 Å². The van der Waals surface area contributed by atoms with Crippen molar-refractivity contribution in [3.63, 3.8) is 0 Å². The molecular weight excluding hydrogens is 288 g/mol. The number of nitriles is 2. The number of hydrogen-bond acceptors (Lipinski definition) is 5. The van der Waals surface area contributed by atoms with Crippen LogP contribution in [-0.2, 0) is 0 Å². The van der Waals surface area contributed by atoms with E-state index in [4.69, 9.17) is 32.4 Å². The van der Waals surface area contributed by atoms with Gasteiger partial charge in [-0.25, -0.2) is 0 Å². The van der Waals surface area contributed by atoms with E-state index < -0.39 is 0 Å². The zero-order valence-corrected chi connectivity index (χ0v) is 11.3. The number of fused-ring (bicyclic) bond motifs is 3. The Morgan fingerprint density at radius 3 is 2.57 bits per heavy atom. The Balaban J connectivity index is 2.52. The van der Waals surface area contributed by atoms with E-state index in [9.17, 15) is 0 Å². The van der Waals surface area contributed by atoms with E-state index in [2.05, 4.69) is 5.10 Å². The molecule has 0 saturated carbocycles. The van der Waals surface area contributed by atoms with Gasteiger partial charge in [-0.2, -0.15) is 15.6 Å². The van der Waals surface area contributed by atoms with Crippen LogP contribution in [0.1, 0.15) is 16.7 Å². The highest BCUT2D eigenvalue weighted by Gasteiger charge is 2.16. The van der Waals surface area contributed by atoms with E-state index in [1.54, 1.807) is 18.2 Å². The molecule has 21 heavy (non-hydrogen) atoms. The Morgan fingerprint density at radius 1 is 1.19 bits per heavy atom. The van der Waals surface area contributed by atoms with Crippen LogP contribution >= 0.6 is 11.6 Å². The van der Waals surface area contributed by atoms with Gasteiger partial charge in [0.05, 0.1) is 22.4 Å². The van der Waals surface area contributed by atoms with Crippen molar-refractivity contribution >= 4 is 39.8 Å². The summed E-state index contributed by atoms with van der Waals surface area (Å²) in [5, 5.41) is 23.5. The third-order valence-electron chi connectivity index (χ3n) is 3.19. The molecule has 2 N–H and O–H groups in total. The van der Waals surface area contributed by atoms with Crippen molar-refractivity contribution in [1.82, 2.24) is 0 Å². The number of hydrogen-bond donors (Lipinski definition) is 1. The van der Waals surface area contributed by atoms with Crippen molar-refractivity contribution < 1.29 is 4.42 Å². The quantitative estimate of drug-likeness (QED) is 0.423. The molecule has 0 amide bonds. The van der Waals surface area contributed by atoms with Crippen LogP contribution < -0.4 is 5.84 Å². The Hall–Kier alpha value is -3.02. The van der Waals surface area contributed by atoms with Crippen LogP contribution in [-0.4, -0.2) is 6.21 Å². The summed E-state index contributed by atoms with van der Waals surface area (Å²) < 4.78 is 5.77. The first-order valence-corrected chi connectivity index (χ1v) is 6.29. The molecule has 0 aliphatic rings. The minimum Gasteiger partial charge on any atom is -0.455 e. The Labute approximate surface area is 124 Å². The van der Waals surface area contributed by atoms with Crippen molar-refractivity contribution in [2.75, 3.05) is 0 Å². The van der Waals surface area contributed by atoms with Gasteiger partial charge in [0, 0.05) is 22.4 Å². The summed E-state index contributed by atoms with van der Waals surface area (Å²) in [6, 6.07) is 10.6. The highest BCUT2D eigenvalue weighted by molar-refractivity contribution is 6.38. The fourth-order valence-corrected chi connectivity index (χ4v) is 2.52. The van der Waals surface area contributed by atoms with Gasteiger partial charge in [-0.05, 0) is 18.2 Å². The van der Waals surface area contributed by atoms with Crippen LogP contribution in [0.5, 0.6) is 0 Å². The summed E-state index contributed by atoms with van der Waals surface area (Å²) >= 11 is 6.24. The molecule has 3 aromatic rings. The van der Waals surface area contributed by atoms with Crippen LogP contribution in [0.3, 0.4) is 0 Å². The average Bonchev–Trinajstić information content (AvgIpc) is 2.88. The lowest BCUT2D eigenvalue weighted by Crippen LogP contribution is -1.87. The van der Waals surface area contributed by atoms with Gasteiger partial charge in [0.15, 0.2) is 0 Å². The average molecular weight is 295 g/mol. The number of rotatable bonds is 1. The van der Waals surface area contributed by atoms with Gasteiger partial charge in [0.1, 0.15) is 23.3 Å². The first-order valence-electron chi connectivity index (χ1n) is 5.91. The summed E-state index contributed by atoms with van der Waals surface area (Å²) in [4.78, 5) is 0. The zero-order chi connectivity index (χ0) is 15.0. The highest BCUT2D eigenvalue weighted by Crippen LogP contribution is 2.36. The van der Waals surface area contributed by atoms with Gasteiger partial charge in [-0.3, -0.25) is 0 Å². The van der Waals surface area contributed by atoms with E-state index in [0.717, 1.165) is 0 Å². The Bertz CT molecular complexity index is 989. The van der Waals surface area contributed by atoms with Gasteiger partial charge < -0.3 is 10.3 Å². The molecule has 0 unspecified atom stereocenters. The largest absolute Gasteiger partial charge is 0.455 e. The third-order valence-corrected chi connectivity index (χ3v) is 3.51. The van der Waals surface area contributed by atoms with Gasteiger partial charge >= 0.3 is 0 Å². The van der Waals surface area contributed by atoms with E-state index >= 15 is 0 Å². The molecule has 1 heterocycles. The number of halogens is 1. The Kier molecular flexibility index (Phi) is 2.98. The van der Waals surface area contributed by atoms with Gasteiger partial charge in [0.2, 0.25) is 0 Å². The maximum absolute atomic E-state index is 9.12. The summed E-state index contributed by atoms with van der Waals surface area (Å²) in [6.07, 6.45) is 1.46. The summed E-state index contributed by atoms with van der Waals surface area (Å²) in [6.45, 7) is 0. The second kappa shape index (κ2) is 4.82. The molecule has 0 radical (unpaired) electrons. The molecule has 0 spiro atoms. The standard InChI is InChI=1S/C15H7ClN4O/c16-12-2-1-8(7-20-19)15-14(12)11-3-9(5-17)10(6-18)4-13(11)21-15/h1-4,7H,19H2. The van der Waals surface area contributed by atoms with Crippen LogP contribution in [0.25, 0.3) is 21.9 Å². The van der Waals surface area contributed by atoms with Crippen LogP contribution in [0.15, 0.2) is 33.8 Å². The fraction of sp³-hybridized carbons (Fsp3) is 0. The van der Waals surface area contributed by atoms with Crippen LogP contribution in [0.4, 0.5) is 0 Å².